The summed E-state index contributed by atoms with van der Waals surface area (Å²) in [5, 5.41) is 8.79. The number of Topliss-reactive ketones (excluding diaryl/α,β-unsaturated/α-hetero) is 1. The van der Waals surface area contributed by atoms with Crippen molar-refractivity contribution < 1.29 is 19.4 Å². The molecule has 104 valence electrons. The van der Waals surface area contributed by atoms with Gasteiger partial charge in [0.2, 0.25) is 0 Å². The molecule has 0 aliphatic carbocycles. The van der Waals surface area contributed by atoms with Crippen LogP contribution in [0.4, 0.5) is 0 Å². The van der Waals surface area contributed by atoms with Crippen molar-refractivity contribution in [1.29, 1.82) is 0 Å². The van der Waals surface area contributed by atoms with E-state index in [2.05, 4.69) is 0 Å². The maximum atomic E-state index is 11.8. The van der Waals surface area contributed by atoms with E-state index in [9.17, 15) is 9.59 Å². The number of alkyl halides is 1. The van der Waals surface area contributed by atoms with Gasteiger partial charge in [0.15, 0.2) is 11.9 Å². The number of rotatable bonds is 8. The lowest BCUT2D eigenvalue weighted by Crippen LogP contribution is -2.27. The van der Waals surface area contributed by atoms with Crippen molar-refractivity contribution in [2.75, 3.05) is 5.88 Å². The number of carbonyl (C=O) groups is 2. The summed E-state index contributed by atoms with van der Waals surface area (Å²) < 4.78 is 5.60. The third-order valence-electron chi connectivity index (χ3n) is 2.63. The molecular formula is C14H17ClO4. The molecule has 1 N–H and O–H groups in total. The predicted molar refractivity (Wildman–Crippen MR) is 73.1 cm³/mol. The molecule has 0 spiro atoms. The van der Waals surface area contributed by atoms with Gasteiger partial charge in [-0.1, -0.05) is 13.3 Å². The highest BCUT2D eigenvalue weighted by Gasteiger charge is 2.18. The Bertz CT molecular complexity index is 428. The minimum atomic E-state index is -0.991. The van der Waals surface area contributed by atoms with Crippen LogP contribution in [0.3, 0.4) is 0 Å². The van der Waals surface area contributed by atoms with Crippen LogP contribution in [0.1, 0.15) is 36.5 Å². The number of ether oxygens (including phenoxy) is 1. The van der Waals surface area contributed by atoms with Crippen LogP contribution in [0, 0.1) is 0 Å². The number of hydrogen-bond donors (Lipinski definition) is 1. The van der Waals surface area contributed by atoms with Gasteiger partial charge >= 0.3 is 5.97 Å². The van der Waals surface area contributed by atoms with E-state index >= 15 is 0 Å². The van der Waals surface area contributed by atoms with Gasteiger partial charge in [0.25, 0.3) is 0 Å². The van der Waals surface area contributed by atoms with Crippen molar-refractivity contribution in [3.8, 4) is 5.75 Å². The number of aromatic carboxylic acids is 1. The number of carboxylic acid groups (broad SMARTS) is 1. The molecule has 0 saturated heterocycles. The third-order valence-corrected chi connectivity index (χ3v) is 2.82. The molecule has 0 fully saturated rings. The van der Waals surface area contributed by atoms with E-state index in [4.69, 9.17) is 21.4 Å². The van der Waals surface area contributed by atoms with Crippen molar-refractivity contribution >= 4 is 23.4 Å². The number of carboxylic acids is 1. The van der Waals surface area contributed by atoms with Gasteiger partial charge in [0, 0.05) is 12.3 Å². The number of benzene rings is 1. The van der Waals surface area contributed by atoms with Crippen LogP contribution in [-0.4, -0.2) is 28.8 Å². The van der Waals surface area contributed by atoms with Crippen molar-refractivity contribution in [1.82, 2.24) is 0 Å². The molecule has 0 aliphatic rings. The Hall–Kier alpha value is -1.55. The van der Waals surface area contributed by atoms with Crippen molar-refractivity contribution in [3.63, 3.8) is 0 Å². The van der Waals surface area contributed by atoms with Crippen LogP contribution in [0.5, 0.6) is 5.75 Å². The smallest absolute Gasteiger partial charge is 0.335 e. The van der Waals surface area contributed by atoms with Crippen molar-refractivity contribution in [3.05, 3.63) is 29.8 Å². The van der Waals surface area contributed by atoms with E-state index in [1.807, 2.05) is 6.92 Å². The van der Waals surface area contributed by atoms with Crippen LogP contribution in [0.15, 0.2) is 24.3 Å². The van der Waals surface area contributed by atoms with Crippen LogP contribution < -0.4 is 4.74 Å². The summed E-state index contributed by atoms with van der Waals surface area (Å²) in [6.45, 7) is 1.97. The molecular weight excluding hydrogens is 268 g/mol. The molecule has 0 aromatic heterocycles. The molecule has 0 amide bonds. The van der Waals surface area contributed by atoms with Crippen molar-refractivity contribution in [2.24, 2.45) is 0 Å². The van der Waals surface area contributed by atoms with E-state index in [0.717, 1.165) is 6.42 Å². The lowest BCUT2D eigenvalue weighted by Gasteiger charge is -2.17. The highest BCUT2D eigenvalue weighted by Crippen LogP contribution is 2.17. The average molecular weight is 285 g/mol. The minimum absolute atomic E-state index is 0.0286. The van der Waals surface area contributed by atoms with Crippen molar-refractivity contribution in [2.45, 2.75) is 32.3 Å². The molecule has 1 unspecified atom stereocenters. The fourth-order valence-electron chi connectivity index (χ4n) is 1.64. The van der Waals surface area contributed by atoms with Gasteiger partial charge in [0.05, 0.1) is 5.56 Å². The second kappa shape index (κ2) is 7.79. The monoisotopic (exact) mass is 284 g/mol. The Morgan fingerprint density at radius 2 is 1.95 bits per heavy atom. The molecule has 0 aliphatic heterocycles. The summed E-state index contributed by atoms with van der Waals surface area (Å²) in [4.78, 5) is 22.5. The topological polar surface area (TPSA) is 63.6 Å². The third kappa shape index (κ3) is 4.91. The van der Waals surface area contributed by atoms with E-state index in [1.54, 1.807) is 12.1 Å². The molecule has 1 aromatic rings. The lowest BCUT2D eigenvalue weighted by atomic mass is 10.1. The molecule has 1 atom stereocenters. The normalized spacial score (nSPS) is 11.9. The summed E-state index contributed by atoms with van der Waals surface area (Å²) in [6.07, 6.45) is 1.21. The fourth-order valence-corrected chi connectivity index (χ4v) is 1.83. The Morgan fingerprint density at radius 1 is 1.32 bits per heavy atom. The van der Waals surface area contributed by atoms with Gasteiger partial charge in [-0.3, -0.25) is 4.79 Å². The van der Waals surface area contributed by atoms with E-state index in [1.165, 1.54) is 12.1 Å². The first-order valence-corrected chi connectivity index (χ1v) is 6.70. The first-order chi connectivity index (χ1) is 9.08. The maximum absolute atomic E-state index is 11.8. The molecule has 4 nitrogen and oxygen atoms in total. The molecule has 0 heterocycles. The Morgan fingerprint density at radius 3 is 2.42 bits per heavy atom. The van der Waals surface area contributed by atoms with Crippen LogP contribution in [-0.2, 0) is 4.79 Å². The molecule has 5 heteroatoms. The predicted octanol–water partition coefficient (Wildman–Crippen LogP) is 3.13. The van der Waals surface area contributed by atoms with Gasteiger partial charge in [-0.15, -0.1) is 11.6 Å². The fraction of sp³-hybridized carbons (Fsp3) is 0.429. The van der Waals surface area contributed by atoms with Crippen LogP contribution >= 0.6 is 11.6 Å². The maximum Gasteiger partial charge on any atom is 0.335 e. The van der Waals surface area contributed by atoms with Crippen LogP contribution in [0.2, 0.25) is 0 Å². The second-order valence-corrected chi connectivity index (χ2v) is 4.51. The van der Waals surface area contributed by atoms with E-state index in [0.29, 0.717) is 12.2 Å². The zero-order valence-electron chi connectivity index (χ0n) is 10.8. The Kier molecular flexibility index (Phi) is 6.36. The minimum Gasteiger partial charge on any atom is -0.483 e. The zero-order chi connectivity index (χ0) is 14.3. The highest BCUT2D eigenvalue weighted by molar-refractivity contribution is 6.19. The summed E-state index contributed by atoms with van der Waals surface area (Å²) >= 11 is 5.56. The summed E-state index contributed by atoms with van der Waals surface area (Å²) in [6, 6.07) is 6.01. The first-order valence-electron chi connectivity index (χ1n) is 6.17. The number of hydrogen-bond acceptors (Lipinski definition) is 3. The van der Waals surface area contributed by atoms with Gasteiger partial charge < -0.3 is 9.84 Å². The molecule has 1 rings (SSSR count). The summed E-state index contributed by atoms with van der Waals surface area (Å²) in [5.74, 6) is -0.249. The molecule has 0 saturated carbocycles. The highest BCUT2D eigenvalue weighted by atomic mass is 35.5. The summed E-state index contributed by atoms with van der Waals surface area (Å²) in [7, 11) is 0. The largest absolute Gasteiger partial charge is 0.483 e. The second-order valence-electron chi connectivity index (χ2n) is 4.13. The first kappa shape index (κ1) is 15.5. The SMILES string of the molecule is CCCC(Oc1ccc(C(=O)O)cc1)C(=O)CCCl. The average Bonchev–Trinajstić information content (AvgIpc) is 2.39. The van der Waals surface area contributed by atoms with E-state index in [-0.39, 0.29) is 23.6 Å². The van der Waals surface area contributed by atoms with E-state index < -0.39 is 12.1 Å². The molecule has 1 aromatic carbocycles. The van der Waals surface area contributed by atoms with Crippen LogP contribution in [0.25, 0.3) is 0 Å². The number of halogens is 1. The Balaban J connectivity index is 2.73. The van der Waals surface area contributed by atoms with Gasteiger partial charge in [-0.05, 0) is 30.7 Å². The van der Waals surface area contributed by atoms with Gasteiger partial charge in [-0.25, -0.2) is 4.79 Å². The number of ketones is 1. The van der Waals surface area contributed by atoms with Gasteiger partial charge in [0.1, 0.15) is 5.75 Å². The Labute approximate surface area is 117 Å². The quantitative estimate of drug-likeness (QED) is 0.745. The van der Waals surface area contributed by atoms with Gasteiger partial charge in [-0.2, -0.15) is 0 Å². The lowest BCUT2D eigenvalue weighted by molar-refractivity contribution is -0.125. The molecule has 19 heavy (non-hydrogen) atoms. The molecule has 0 bridgehead atoms. The zero-order valence-corrected chi connectivity index (χ0v) is 11.5. The number of carbonyl (C=O) groups excluding carboxylic acids is 1. The standard InChI is InChI=1S/C14H17ClO4/c1-2-3-13(12(16)8-9-15)19-11-6-4-10(5-7-11)14(17)18/h4-7,13H,2-3,8-9H2,1H3,(H,17,18). The molecule has 0 radical (unpaired) electrons. The summed E-state index contributed by atoms with van der Waals surface area (Å²) in [5.41, 5.74) is 0.187.